The maximum atomic E-state index is 5.37. The molecule has 0 aliphatic carbocycles. The zero-order valence-corrected chi connectivity index (χ0v) is 12.7. The van der Waals surface area contributed by atoms with E-state index in [1.54, 1.807) is 0 Å². The van der Waals surface area contributed by atoms with Gasteiger partial charge < -0.3 is 15.0 Å². The first-order chi connectivity index (χ1) is 10.9. The fourth-order valence-electron chi connectivity index (χ4n) is 2.54. The number of nitrogens with zero attached hydrogens (tertiary/aromatic N) is 3. The average molecular weight is 298 g/mol. The molecule has 1 aliphatic heterocycles. The van der Waals surface area contributed by atoms with Gasteiger partial charge in [-0.15, -0.1) is 0 Å². The molecule has 0 radical (unpaired) electrons. The Morgan fingerprint density at radius 1 is 1.09 bits per heavy atom. The van der Waals surface area contributed by atoms with Crippen LogP contribution in [-0.4, -0.2) is 42.8 Å². The fourth-order valence-corrected chi connectivity index (χ4v) is 2.54. The Labute approximate surface area is 131 Å². The lowest BCUT2D eigenvalue weighted by molar-refractivity contribution is 0.122. The second kappa shape index (κ2) is 7.75. The van der Waals surface area contributed by atoms with E-state index in [-0.39, 0.29) is 0 Å². The van der Waals surface area contributed by atoms with Gasteiger partial charge in [0, 0.05) is 25.8 Å². The molecule has 1 aromatic carbocycles. The molecule has 1 aromatic heterocycles. The molecule has 5 heteroatoms. The molecule has 22 heavy (non-hydrogen) atoms. The maximum Gasteiger partial charge on any atom is 0.224 e. The molecule has 0 spiro atoms. The minimum absolute atomic E-state index is 0.706. The SMILES string of the molecule is c1ccc(CCCNc2nccc(N3CCOCC3)n2)cc1. The second-order valence-electron chi connectivity index (χ2n) is 5.35. The number of benzene rings is 1. The molecular formula is C17H22N4O. The molecule has 0 bridgehead atoms. The summed E-state index contributed by atoms with van der Waals surface area (Å²) in [4.78, 5) is 11.1. The summed E-state index contributed by atoms with van der Waals surface area (Å²) in [6.45, 7) is 4.20. The third-order valence-electron chi connectivity index (χ3n) is 3.74. The third kappa shape index (κ3) is 4.18. The summed E-state index contributed by atoms with van der Waals surface area (Å²) in [5.41, 5.74) is 1.37. The van der Waals surface area contributed by atoms with Gasteiger partial charge in [0.25, 0.3) is 0 Å². The molecule has 1 aliphatic rings. The summed E-state index contributed by atoms with van der Waals surface area (Å²) < 4.78 is 5.37. The van der Waals surface area contributed by atoms with Crippen molar-refractivity contribution < 1.29 is 4.74 Å². The molecule has 3 rings (SSSR count). The van der Waals surface area contributed by atoms with Gasteiger partial charge in [0.15, 0.2) is 0 Å². The van der Waals surface area contributed by atoms with Crippen molar-refractivity contribution in [1.29, 1.82) is 0 Å². The summed E-state index contributed by atoms with van der Waals surface area (Å²) in [6.07, 6.45) is 3.95. The standard InChI is InChI=1S/C17H22N4O/c1-2-5-15(6-3-1)7-4-9-18-17-19-10-8-16(20-17)21-11-13-22-14-12-21/h1-3,5-6,8,10H,4,7,9,11-14H2,(H,18,19,20). The first-order valence-corrected chi connectivity index (χ1v) is 7.85. The Kier molecular flexibility index (Phi) is 5.21. The van der Waals surface area contributed by atoms with Crippen molar-refractivity contribution in [3.8, 4) is 0 Å². The van der Waals surface area contributed by atoms with Gasteiger partial charge in [0.05, 0.1) is 13.2 Å². The molecule has 1 saturated heterocycles. The van der Waals surface area contributed by atoms with Crippen LogP contribution in [0.5, 0.6) is 0 Å². The van der Waals surface area contributed by atoms with E-state index in [1.165, 1.54) is 5.56 Å². The van der Waals surface area contributed by atoms with Gasteiger partial charge in [0.2, 0.25) is 5.95 Å². The highest BCUT2D eigenvalue weighted by atomic mass is 16.5. The number of morpholine rings is 1. The molecule has 2 aromatic rings. The first-order valence-electron chi connectivity index (χ1n) is 7.85. The smallest absolute Gasteiger partial charge is 0.224 e. The normalized spacial score (nSPS) is 14.8. The molecule has 1 fully saturated rings. The van der Waals surface area contributed by atoms with Crippen LogP contribution in [0.1, 0.15) is 12.0 Å². The summed E-state index contributed by atoms with van der Waals surface area (Å²) >= 11 is 0. The topological polar surface area (TPSA) is 50.3 Å². The lowest BCUT2D eigenvalue weighted by Gasteiger charge is -2.27. The van der Waals surface area contributed by atoms with Crippen LogP contribution in [0.15, 0.2) is 42.6 Å². The number of aromatic nitrogens is 2. The van der Waals surface area contributed by atoms with Gasteiger partial charge in [-0.3, -0.25) is 0 Å². The zero-order valence-electron chi connectivity index (χ0n) is 12.7. The molecule has 116 valence electrons. The Morgan fingerprint density at radius 3 is 2.73 bits per heavy atom. The van der Waals surface area contributed by atoms with Crippen molar-refractivity contribution in [2.75, 3.05) is 43.1 Å². The van der Waals surface area contributed by atoms with E-state index in [1.807, 2.05) is 18.3 Å². The highest BCUT2D eigenvalue weighted by Crippen LogP contribution is 2.13. The second-order valence-corrected chi connectivity index (χ2v) is 5.35. The van der Waals surface area contributed by atoms with Crippen molar-refractivity contribution in [1.82, 2.24) is 9.97 Å². The van der Waals surface area contributed by atoms with Crippen LogP contribution in [0, 0.1) is 0 Å². The van der Waals surface area contributed by atoms with Crippen LogP contribution in [0.25, 0.3) is 0 Å². The van der Waals surface area contributed by atoms with Gasteiger partial charge in [0.1, 0.15) is 5.82 Å². The summed E-state index contributed by atoms with van der Waals surface area (Å²) in [6, 6.07) is 12.5. The highest BCUT2D eigenvalue weighted by Gasteiger charge is 2.12. The summed E-state index contributed by atoms with van der Waals surface area (Å²) in [7, 11) is 0. The van der Waals surface area contributed by atoms with Gasteiger partial charge in [-0.1, -0.05) is 30.3 Å². The van der Waals surface area contributed by atoms with Crippen molar-refractivity contribution >= 4 is 11.8 Å². The number of anilines is 2. The maximum absolute atomic E-state index is 5.37. The van der Waals surface area contributed by atoms with Crippen LogP contribution in [0.4, 0.5) is 11.8 Å². The number of aryl methyl sites for hydroxylation is 1. The number of nitrogens with one attached hydrogen (secondary N) is 1. The van der Waals surface area contributed by atoms with Gasteiger partial charge in [-0.2, -0.15) is 4.98 Å². The van der Waals surface area contributed by atoms with Crippen LogP contribution >= 0.6 is 0 Å². The molecule has 0 amide bonds. The quantitative estimate of drug-likeness (QED) is 0.830. The molecular weight excluding hydrogens is 276 g/mol. The molecule has 5 nitrogen and oxygen atoms in total. The highest BCUT2D eigenvalue weighted by molar-refractivity contribution is 5.42. The van der Waals surface area contributed by atoms with Gasteiger partial charge >= 0.3 is 0 Å². The third-order valence-corrected chi connectivity index (χ3v) is 3.74. The van der Waals surface area contributed by atoms with E-state index in [0.29, 0.717) is 5.95 Å². The number of rotatable bonds is 6. The van der Waals surface area contributed by atoms with Crippen LogP contribution in [-0.2, 0) is 11.2 Å². The van der Waals surface area contributed by atoms with E-state index in [9.17, 15) is 0 Å². The largest absolute Gasteiger partial charge is 0.378 e. The molecule has 0 atom stereocenters. The minimum Gasteiger partial charge on any atom is -0.378 e. The summed E-state index contributed by atoms with van der Waals surface area (Å²) in [5, 5.41) is 3.31. The van der Waals surface area contributed by atoms with E-state index in [2.05, 4.69) is 44.5 Å². The fraction of sp³-hybridized carbons (Fsp3) is 0.412. The molecule has 1 N–H and O–H groups in total. The molecule has 2 heterocycles. The lowest BCUT2D eigenvalue weighted by atomic mass is 10.1. The van der Waals surface area contributed by atoms with Crippen molar-refractivity contribution in [2.24, 2.45) is 0 Å². The van der Waals surface area contributed by atoms with E-state index >= 15 is 0 Å². The van der Waals surface area contributed by atoms with E-state index < -0.39 is 0 Å². The monoisotopic (exact) mass is 298 g/mol. The Morgan fingerprint density at radius 2 is 1.91 bits per heavy atom. The first kappa shape index (κ1) is 14.8. The van der Waals surface area contributed by atoms with Crippen molar-refractivity contribution in [3.05, 3.63) is 48.2 Å². The number of hydrogen-bond donors (Lipinski definition) is 1. The van der Waals surface area contributed by atoms with Crippen LogP contribution < -0.4 is 10.2 Å². The molecule has 0 unspecified atom stereocenters. The minimum atomic E-state index is 0.706. The van der Waals surface area contributed by atoms with Crippen LogP contribution in [0.2, 0.25) is 0 Å². The van der Waals surface area contributed by atoms with E-state index in [4.69, 9.17) is 4.74 Å². The molecule has 0 saturated carbocycles. The zero-order chi connectivity index (χ0) is 15.0. The van der Waals surface area contributed by atoms with Gasteiger partial charge in [-0.05, 0) is 24.5 Å². The predicted molar refractivity (Wildman–Crippen MR) is 88.3 cm³/mol. The Bertz CT molecular complexity index is 570. The van der Waals surface area contributed by atoms with Gasteiger partial charge in [-0.25, -0.2) is 4.98 Å². The average Bonchev–Trinajstić information content (AvgIpc) is 2.61. The Balaban J connectivity index is 1.48. The predicted octanol–water partition coefficient (Wildman–Crippen LogP) is 2.36. The number of hydrogen-bond acceptors (Lipinski definition) is 5. The lowest BCUT2D eigenvalue weighted by Crippen LogP contribution is -2.36. The van der Waals surface area contributed by atoms with Crippen LogP contribution in [0.3, 0.4) is 0 Å². The van der Waals surface area contributed by atoms with E-state index in [0.717, 1.165) is 51.5 Å². The van der Waals surface area contributed by atoms with Crippen molar-refractivity contribution in [2.45, 2.75) is 12.8 Å². The van der Waals surface area contributed by atoms with Crippen molar-refractivity contribution in [3.63, 3.8) is 0 Å². The number of ether oxygens (including phenoxy) is 1. The Hall–Kier alpha value is -2.14. The summed E-state index contributed by atoms with van der Waals surface area (Å²) in [5.74, 6) is 1.68.